The lowest BCUT2D eigenvalue weighted by Crippen LogP contribution is -2.27. The molecule has 0 spiro atoms. The molecular formula is C17H33NO3. The number of esters is 1. The quantitative estimate of drug-likeness (QED) is 0.468. The van der Waals surface area contributed by atoms with E-state index in [9.17, 15) is 9.59 Å². The van der Waals surface area contributed by atoms with Crippen molar-refractivity contribution in [2.24, 2.45) is 29.4 Å². The molecule has 0 aliphatic carbocycles. The molecule has 0 aromatic rings. The molecule has 124 valence electrons. The summed E-state index contributed by atoms with van der Waals surface area (Å²) < 4.78 is 4.89. The zero-order valence-electron chi connectivity index (χ0n) is 14.4. The van der Waals surface area contributed by atoms with Gasteiger partial charge in [-0.25, -0.2) is 0 Å². The number of hydrogen-bond donors (Lipinski definition) is 1. The summed E-state index contributed by atoms with van der Waals surface area (Å²) in [7, 11) is 1.46. The molecule has 0 aromatic carbocycles. The molecule has 1 unspecified atom stereocenters. The van der Waals surface area contributed by atoms with Crippen LogP contribution in [0.25, 0.3) is 0 Å². The van der Waals surface area contributed by atoms with Crippen molar-refractivity contribution in [3.05, 3.63) is 0 Å². The molecule has 3 atom stereocenters. The third kappa shape index (κ3) is 7.49. The number of ether oxygens (including phenoxy) is 1. The number of rotatable bonds is 11. The van der Waals surface area contributed by atoms with Crippen LogP contribution in [0, 0.1) is 23.7 Å². The molecule has 0 saturated carbocycles. The standard InChI is InChI=1S/C17H33NO3/c1-6-9-15(17(20)21-5)13(4)10-7-8-11-14(12(2)3)16(18)19/h12-15H,6-11H2,1-5H3,(H2,18,19)/t13?,14-,15-/m1/s1. The molecule has 4 heteroatoms. The van der Waals surface area contributed by atoms with Crippen LogP contribution in [-0.2, 0) is 14.3 Å². The molecule has 21 heavy (non-hydrogen) atoms. The van der Waals surface area contributed by atoms with Gasteiger partial charge in [0.05, 0.1) is 13.0 Å². The van der Waals surface area contributed by atoms with E-state index in [-0.39, 0.29) is 23.7 Å². The fraction of sp³-hybridized carbons (Fsp3) is 0.882. The minimum absolute atomic E-state index is 0.00274. The van der Waals surface area contributed by atoms with Gasteiger partial charge in [-0.15, -0.1) is 0 Å². The zero-order chi connectivity index (χ0) is 16.4. The van der Waals surface area contributed by atoms with Crippen LogP contribution in [-0.4, -0.2) is 19.0 Å². The number of amides is 1. The van der Waals surface area contributed by atoms with Crippen molar-refractivity contribution < 1.29 is 14.3 Å². The van der Waals surface area contributed by atoms with Gasteiger partial charge in [-0.2, -0.15) is 0 Å². The lowest BCUT2D eigenvalue weighted by atomic mass is 9.84. The Morgan fingerprint density at radius 1 is 1.00 bits per heavy atom. The minimum Gasteiger partial charge on any atom is -0.469 e. The van der Waals surface area contributed by atoms with E-state index in [1.165, 1.54) is 7.11 Å². The summed E-state index contributed by atoms with van der Waals surface area (Å²) in [5.74, 6) is 0.286. The van der Waals surface area contributed by atoms with E-state index in [1.807, 2.05) is 13.8 Å². The van der Waals surface area contributed by atoms with Gasteiger partial charge in [0.2, 0.25) is 5.91 Å². The molecular weight excluding hydrogens is 266 g/mol. The second-order valence-electron chi connectivity index (χ2n) is 6.43. The Hall–Kier alpha value is -1.06. The number of methoxy groups -OCH3 is 1. The Morgan fingerprint density at radius 2 is 1.57 bits per heavy atom. The summed E-state index contributed by atoms with van der Waals surface area (Å²) in [5.41, 5.74) is 5.43. The third-order valence-corrected chi connectivity index (χ3v) is 4.39. The maximum Gasteiger partial charge on any atom is 0.308 e. The molecule has 1 amide bonds. The summed E-state index contributed by atoms with van der Waals surface area (Å²) in [4.78, 5) is 23.1. The second kappa shape index (κ2) is 10.6. The Kier molecular flexibility index (Phi) is 10.1. The molecule has 0 saturated heterocycles. The number of hydrogen-bond acceptors (Lipinski definition) is 3. The summed E-state index contributed by atoms with van der Waals surface area (Å²) in [6, 6.07) is 0. The van der Waals surface area contributed by atoms with Crippen molar-refractivity contribution in [3.8, 4) is 0 Å². The van der Waals surface area contributed by atoms with Crippen LogP contribution in [0.1, 0.15) is 66.2 Å². The van der Waals surface area contributed by atoms with Crippen LogP contribution < -0.4 is 5.73 Å². The van der Waals surface area contributed by atoms with Crippen LogP contribution in [0.2, 0.25) is 0 Å². The SMILES string of the molecule is CCC[C@@H](C(=O)OC)C(C)CCCC[C@@H](C(N)=O)C(C)C. The zero-order valence-corrected chi connectivity index (χ0v) is 14.4. The number of nitrogens with two attached hydrogens (primary N) is 1. The minimum atomic E-state index is -0.198. The van der Waals surface area contributed by atoms with E-state index >= 15 is 0 Å². The number of primary amides is 1. The lowest BCUT2D eigenvalue weighted by molar-refractivity contribution is -0.147. The van der Waals surface area contributed by atoms with Crippen molar-refractivity contribution >= 4 is 11.9 Å². The molecule has 4 nitrogen and oxygen atoms in total. The number of carbonyl (C=O) groups excluding carboxylic acids is 2. The van der Waals surface area contributed by atoms with Gasteiger partial charge in [-0.05, 0) is 31.1 Å². The smallest absolute Gasteiger partial charge is 0.308 e. The first-order chi connectivity index (χ1) is 9.84. The number of unbranched alkanes of at least 4 members (excludes halogenated alkanes) is 1. The highest BCUT2D eigenvalue weighted by atomic mass is 16.5. The highest BCUT2D eigenvalue weighted by molar-refractivity contribution is 5.76. The van der Waals surface area contributed by atoms with Gasteiger partial charge in [0.25, 0.3) is 0 Å². The monoisotopic (exact) mass is 299 g/mol. The van der Waals surface area contributed by atoms with E-state index in [1.54, 1.807) is 0 Å². The summed E-state index contributed by atoms with van der Waals surface area (Å²) in [6.07, 6.45) is 5.70. The van der Waals surface area contributed by atoms with E-state index < -0.39 is 0 Å². The van der Waals surface area contributed by atoms with Crippen molar-refractivity contribution in [2.75, 3.05) is 7.11 Å². The molecule has 0 heterocycles. The Morgan fingerprint density at radius 3 is 2.00 bits per heavy atom. The Balaban J connectivity index is 4.19. The molecule has 0 aromatic heterocycles. The van der Waals surface area contributed by atoms with Gasteiger partial charge >= 0.3 is 5.97 Å². The van der Waals surface area contributed by atoms with E-state index in [4.69, 9.17) is 10.5 Å². The predicted molar refractivity (Wildman–Crippen MR) is 85.6 cm³/mol. The van der Waals surface area contributed by atoms with Crippen LogP contribution in [0.3, 0.4) is 0 Å². The topological polar surface area (TPSA) is 69.4 Å². The van der Waals surface area contributed by atoms with Crippen LogP contribution in [0.5, 0.6) is 0 Å². The van der Waals surface area contributed by atoms with Crippen molar-refractivity contribution in [1.82, 2.24) is 0 Å². The molecule has 0 rings (SSSR count). The van der Waals surface area contributed by atoms with E-state index in [2.05, 4.69) is 13.8 Å². The van der Waals surface area contributed by atoms with E-state index in [0.717, 1.165) is 38.5 Å². The molecule has 0 fully saturated rings. The largest absolute Gasteiger partial charge is 0.469 e. The molecule has 0 bridgehead atoms. The average molecular weight is 299 g/mol. The summed E-state index contributed by atoms with van der Waals surface area (Å²) >= 11 is 0. The van der Waals surface area contributed by atoms with Gasteiger partial charge in [0.1, 0.15) is 0 Å². The molecule has 2 N–H and O–H groups in total. The van der Waals surface area contributed by atoms with Crippen molar-refractivity contribution in [3.63, 3.8) is 0 Å². The highest BCUT2D eigenvalue weighted by Crippen LogP contribution is 2.25. The average Bonchev–Trinajstić information content (AvgIpc) is 2.42. The normalized spacial score (nSPS) is 15.5. The Bertz CT molecular complexity index is 315. The first-order valence-corrected chi connectivity index (χ1v) is 8.22. The summed E-state index contributed by atoms with van der Waals surface area (Å²) in [5, 5.41) is 0. The first-order valence-electron chi connectivity index (χ1n) is 8.22. The van der Waals surface area contributed by atoms with Gasteiger partial charge in [-0.3, -0.25) is 9.59 Å². The fourth-order valence-electron chi connectivity index (χ4n) is 2.93. The van der Waals surface area contributed by atoms with Gasteiger partial charge < -0.3 is 10.5 Å². The lowest BCUT2D eigenvalue weighted by Gasteiger charge is -2.22. The summed E-state index contributed by atoms with van der Waals surface area (Å²) in [6.45, 7) is 8.27. The van der Waals surface area contributed by atoms with Crippen molar-refractivity contribution in [2.45, 2.75) is 66.2 Å². The molecule has 0 aliphatic heterocycles. The number of carbonyl (C=O) groups is 2. The van der Waals surface area contributed by atoms with E-state index in [0.29, 0.717) is 11.8 Å². The first kappa shape index (κ1) is 19.9. The third-order valence-electron chi connectivity index (χ3n) is 4.39. The van der Waals surface area contributed by atoms with Crippen LogP contribution in [0.4, 0.5) is 0 Å². The second-order valence-corrected chi connectivity index (χ2v) is 6.43. The Labute approximate surface area is 129 Å². The van der Waals surface area contributed by atoms with Crippen molar-refractivity contribution in [1.29, 1.82) is 0 Å². The maximum absolute atomic E-state index is 11.8. The highest BCUT2D eigenvalue weighted by Gasteiger charge is 2.25. The molecule has 0 aliphatic rings. The molecule has 0 radical (unpaired) electrons. The van der Waals surface area contributed by atoms with Gasteiger partial charge in [0.15, 0.2) is 0 Å². The maximum atomic E-state index is 11.8. The van der Waals surface area contributed by atoms with Gasteiger partial charge in [-0.1, -0.05) is 47.0 Å². The van der Waals surface area contributed by atoms with Crippen LogP contribution in [0.15, 0.2) is 0 Å². The fourth-order valence-corrected chi connectivity index (χ4v) is 2.93. The van der Waals surface area contributed by atoms with Crippen LogP contribution >= 0.6 is 0 Å². The van der Waals surface area contributed by atoms with Gasteiger partial charge in [0, 0.05) is 5.92 Å². The predicted octanol–water partition coefficient (Wildman–Crippen LogP) is 3.53.